The average Bonchev–Trinajstić information content (AvgIpc) is 2.58. The van der Waals surface area contributed by atoms with E-state index in [1.54, 1.807) is 0 Å². The number of nitrogens with zero attached hydrogens (tertiary/aromatic N) is 2. The van der Waals surface area contributed by atoms with Crippen LogP contribution in [-0.4, -0.2) is 10.4 Å². The molecule has 2 rings (SSSR count). The van der Waals surface area contributed by atoms with Crippen LogP contribution in [0.1, 0.15) is 21.7 Å². The summed E-state index contributed by atoms with van der Waals surface area (Å²) in [5, 5.41) is 0. The third-order valence-corrected chi connectivity index (χ3v) is 3.21. The van der Waals surface area contributed by atoms with Crippen molar-refractivity contribution in [2.24, 2.45) is 7.05 Å². The number of aryl methyl sites for hydroxylation is 1. The molecule has 1 aromatic heterocycles. The summed E-state index contributed by atoms with van der Waals surface area (Å²) in [4.78, 5) is 12.1. The third kappa shape index (κ3) is 2.28. The molecule has 1 aromatic carbocycles. The van der Waals surface area contributed by atoms with Crippen LogP contribution >= 0.6 is 0 Å². The molecule has 0 spiro atoms. The van der Waals surface area contributed by atoms with E-state index in [-0.39, 0.29) is 5.78 Å². The summed E-state index contributed by atoms with van der Waals surface area (Å²) in [6, 6.07) is 9.41. The molecule has 0 unspecified atom stereocenters. The predicted molar refractivity (Wildman–Crippen MR) is 65.9 cm³/mol. The lowest BCUT2D eigenvalue weighted by Gasteiger charge is -1.99. The number of ketones is 1. The molecule has 0 radical (unpaired) electrons. The van der Waals surface area contributed by atoms with Crippen LogP contribution in [0, 0.1) is 13.8 Å². The molecule has 88 valence electrons. The first-order valence-corrected chi connectivity index (χ1v) is 5.70. The fourth-order valence-corrected chi connectivity index (χ4v) is 1.87. The lowest BCUT2D eigenvalue weighted by molar-refractivity contribution is -0.677. The fraction of sp³-hybridized carbons (Fsp3) is 0.286. The van der Waals surface area contributed by atoms with E-state index in [4.69, 9.17) is 0 Å². The number of hydrogen-bond acceptors (Lipinski definition) is 1. The van der Waals surface area contributed by atoms with Gasteiger partial charge < -0.3 is 0 Å². The molecular weight excluding hydrogens is 212 g/mol. The SMILES string of the molecule is Cc1c(C)[n+](C)cn1CC(=O)c1ccccc1. The normalized spacial score (nSPS) is 10.5. The zero-order chi connectivity index (χ0) is 12.4. The Kier molecular flexibility index (Phi) is 3.09. The van der Waals surface area contributed by atoms with Gasteiger partial charge in [-0.2, -0.15) is 0 Å². The molecule has 0 saturated carbocycles. The minimum Gasteiger partial charge on any atom is -0.290 e. The Morgan fingerprint density at radius 2 is 1.88 bits per heavy atom. The van der Waals surface area contributed by atoms with Crippen molar-refractivity contribution < 1.29 is 9.36 Å². The topological polar surface area (TPSA) is 25.9 Å². The summed E-state index contributed by atoms with van der Waals surface area (Å²) in [6.45, 7) is 4.49. The van der Waals surface area contributed by atoms with Gasteiger partial charge in [0.1, 0.15) is 11.4 Å². The minimum atomic E-state index is 0.143. The summed E-state index contributed by atoms with van der Waals surface area (Å²) in [7, 11) is 1.99. The van der Waals surface area contributed by atoms with E-state index < -0.39 is 0 Å². The third-order valence-electron chi connectivity index (χ3n) is 3.21. The maximum absolute atomic E-state index is 12.1. The molecule has 0 atom stereocenters. The van der Waals surface area contributed by atoms with Gasteiger partial charge in [-0.05, 0) is 0 Å². The standard InChI is InChI=1S/C14H17N2O/c1-11-12(2)16(10-15(11)3)9-14(17)13-7-5-4-6-8-13/h4-8,10H,9H2,1-3H3/q+1. The van der Waals surface area contributed by atoms with Crippen LogP contribution in [0.5, 0.6) is 0 Å². The molecule has 0 fully saturated rings. The lowest BCUT2D eigenvalue weighted by atomic mass is 10.1. The van der Waals surface area contributed by atoms with E-state index >= 15 is 0 Å². The average molecular weight is 229 g/mol. The molecule has 3 heteroatoms. The zero-order valence-electron chi connectivity index (χ0n) is 10.5. The monoisotopic (exact) mass is 229 g/mol. The Morgan fingerprint density at radius 3 is 2.41 bits per heavy atom. The van der Waals surface area contributed by atoms with Gasteiger partial charge in [-0.3, -0.25) is 4.79 Å². The van der Waals surface area contributed by atoms with E-state index in [2.05, 4.69) is 6.92 Å². The van der Waals surface area contributed by atoms with Crippen LogP contribution < -0.4 is 4.57 Å². The van der Waals surface area contributed by atoms with E-state index in [0.29, 0.717) is 6.54 Å². The second kappa shape index (κ2) is 4.53. The molecule has 0 saturated heterocycles. The first-order chi connectivity index (χ1) is 8.09. The van der Waals surface area contributed by atoms with Crippen molar-refractivity contribution in [3.8, 4) is 0 Å². The summed E-state index contributed by atoms with van der Waals surface area (Å²) in [5.41, 5.74) is 3.09. The quantitative estimate of drug-likeness (QED) is 0.582. The highest BCUT2D eigenvalue weighted by molar-refractivity contribution is 5.95. The maximum Gasteiger partial charge on any atom is 0.244 e. The van der Waals surface area contributed by atoms with E-state index in [1.165, 1.54) is 5.69 Å². The Balaban J connectivity index is 2.22. The van der Waals surface area contributed by atoms with E-state index in [9.17, 15) is 4.79 Å². The number of carbonyl (C=O) groups excluding carboxylic acids is 1. The molecule has 3 nitrogen and oxygen atoms in total. The summed E-state index contributed by atoms with van der Waals surface area (Å²) >= 11 is 0. The van der Waals surface area contributed by atoms with E-state index in [0.717, 1.165) is 11.3 Å². The molecule has 17 heavy (non-hydrogen) atoms. The van der Waals surface area contributed by atoms with Gasteiger partial charge in [-0.15, -0.1) is 0 Å². The molecule has 1 heterocycles. The highest BCUT2D eigenvalue weighted by Crippen LogP contribution is 2.06. The number of carbonyl (C=O) groups is 1. The largest absolute Gasteiger partial charge is 0.290 e. The second-order valence-electron chi connectivity index (χ2n) is 4.31. The van der Waals surface area contributed by atoms with Crippen molar-refractivity contribution in [3.05, 3.63) is 53.6 Å². The lowest BCUT2D eigenvalue weighted by Crippen LogP contribution is -2.28. The number of rotatable bonds is 3. The Labute approximate surface area is 101 Å². The van der Waals surface area contributed by atoms with Crippen molar-refractivity contribution in [3.63, 3.8) is 0 Å². The van der Waals surface area contributed by atoms with Crippen molar-refractivity contribution >= 4 is 5.78 Å². The fourth-order valence-electron chi connectivity index (χ4n) is 1.87. The van der Waals surface area contributed by atoms with Crippen LogP contribution in [0.3, 0.4) is 0 Å². The Hall–Kier alpha value is -1.90. The smallest absolute Gasteiger partial charge is 0.244 e. The van der Waals surface area contributed by atoms with Crippen LogP contribution in [0.15, 0.2) is 36.7 Å². The minimum absolute atomic E-state index is 0.143. The van der Waals surface area contributed by atoms with Crippen LogP contribution in [0.2, 0.25) is 0 Å². The maximum atomic E-state index is 12.1. The number of aromatic nitrogens is 2. The molecule has 0 aliphatic carbocycles. The van der Waals surface area contributed by atoms with Gasteiger partial charge in [0.2, 0.25) is 12.1 Å². The zero-order valence-corrected chi connectivity index (χ0v) is 10.5. The Bertz CT molecular complexity index is 541. The molecule has 0 aliphatic heterocycles. The molecule has 0 aliphatic rings. The first-order valence-electron chi connectivity index (χ1n) is 5.70. The summed E-state index contributed by atoms with van der Waals surface area (Å²) < 4.78 is 4.03. The van der Waals surface area contributed by atoms with Gasteiger partial charge >= 0.3 is 0 Å². The molecule has 2 aromatic rings. The first kappa shape index (κ1) is 11.6. The number of imidazole rings is 1. The highest BCUT2D eigenvalue weighted by Gasteiger charge is 2.16. The van der Waals surface area contributed by atoms with Gasteiger partial charge in [0.25, 0.3) is 0 Å². The van der Waals surface area contributed by atoms with Gasteiger partial charge in [-0.1, -0.05) is 30.3 Å². The van der Waals surface area contributed by atoms with Crippen molar-refractivity contribution in [2.75, 3.05) is 0 Å². The van der Waals surface area contributed by atoms with E-state index in [1.807, 2.05) is 59.8 Å². The summed E-state index contributed by atoms with van der Waals surface area (Å²) in [5.74, 6) is 0.143. The molecular formula is C14H17N2O+. The predicted octanol–water partition coefficient (Wildman–Crippen LogP) is 1.81. The number of Topliss-reactive ketones (excluding diaryl/α,β-unsaturated/α-hetero) is 1. The molecule has 0 amide bonds. The van der Waals surface area contributed by atoms with Gasteiger partial charge in [0, 0.05) is 19.4 Å². The number of hydrogen-bond donors (Lipinski definition) is 0. The van der Waals surface area contributed by atoms with Gasteiger partial charge in [0.05, 0.1) is 7.05 Å². The van der Waals surface area contributed by atoms with Crippen molar-refractivity contribution in [2.45, 2.75) is 20.4 Å². The van der Waals surface area contributed by atoms with Crippen molar-refractivity contribution in [1.82, 2.24) is 4.57 Å². The highest BCUT2D eigenvalue weighted by atomic mass is 16.1. The van der Waals surface area contributed by atoms with Crippen LogP contribution in [0.25, 0.3) is 0 Å². The summed E-state index contributed by atoms with van der Waals surface area (Å²) in [6.07, 6.45) is 1.96. The van der Waals surface area contributed by atoms with Gasteiger partial charge in [0.15, 0.2) is 6.54 Å². The van der Waals surface area contributed by atoms with Crippen molar-refractivity contribution in [1.29, 1.82) is 0 Å². The number of benzene rings is 1. The Morgan fingerprint density at radius 1 is 1.24 bits per heavy atom. The molecule has 0 bridgehead atoms. The molecule has 0 N–H and O–H groups in total. The second-order valence-corrected chi connectivity index (χ2v) is 4.31. The van der Waals surface area contributed by atoms with Crippen LogP contribution in [0.4, 0.5) is 0 Å². The van der Waals surface area contributed by atoms with Crippen LogP contribution in [-0.2, 0) is 13.6 Å². The van der Waals surface area contributed by atoms with Gasteiger partial charge in [-0.25, -0.2) is 9.13 Å².